The zero-order valence-electron chi connectivity index (χ0n) is 12.1. The van der Waals surface area contributed by atoms with E-state index in [1.165, 1.54) is 0 Å². The van der Waals surface area contributed by atoms with Crippen LogP contribution in [0.3, 0.4) is 0 Å². The van der Waals surface area contributed by atoms with Crippen molar-refractivity contribution in [2.24, 2.45) is 0 Å². The molecule has 2 rings (SSSR count). The summed E-state index contributed by atoms with van der Waals surface area (Å²) in [5.41, 5.74) is 8.44. The molecule has 0 aliphatic carbocycles. The van der Waals surface area contributed by atoms with Crippen LogP contribution in [-0.4, -0.2) is 19.6 Å². The van der Waals surface area contributed by atoms with Gasteiger partial charge < -0.3 is 21.1 Å². The molecule has 2 aromatic carbocycles. The third kappa shape index (κ3) is 3.66. The maximum Gasteiger partial charge on any atom is 0.253 e. The Morgan fingerprint density at radius 2 is 2.05 bits per heavy atom. The highest BCUT2D eigenvalue weighted by molar-refractivity contribution is 6.01. The fourth-order valence-corrected chi connectivity index (χ4v) is 1.98. The van der Waals surface area contributed by atoms with Gasteiger partial charge in [-0.15, -0.1) is 0 Å². The number of anilines is 3. The maximum atomic E-state index is 12.1. The molecular weight excluding hydrogens is 266 g/mol. The summed E-state index contributed by atoms with van der Waals surface area (Å²) in [4.78, 5) is 12.1. The number of nitrogens with two attached hydrogens (primary N) is 1. The van der Waals surface area contributed by atoms with E-state index in [1.54, 1.807) is 25.3 Å². The second kappa shape index (κ2) is 6.65. The van der Waals surface area contributed by atoms with Crippen molar-refractivity contribution in [1.29, 1.82) is 0 Å². The van der Waals surface area contributed by atoms with Crippen LogP contribution >= 0.6 is 0 Å². The van der Waals surface area contributed by atoms with Crippen molar-refractivity contribution in [3.8, 4) is 5.75 Å². The fraction of sp³-hybridized carbons (Fsp3) is 0.188. The zero-order chi connectivity index (χ0) is 15.2. The summed E-state index contributed by atoms with van der Waals surface area (Å²) in [6.07, 6.45) is 0. The number of hydrogen-bond donors (Lipinski definition) is 3. The molecule has 2 aromatic rings. The highest BCUT2D eigenvalue weighted by atomic mass is 16.5. The average molecular weight is 285 g/mol. The molecule has 110 valence electrons. The molecule has 0 aromatic heterocycles. The summed E-state index contributed by atoms with van der Waals surface area (Å²) in [5.74, 6) is 0.603. The first-order valence-electron chi connectivity index (χ1n) is 6.73. The molecular formula is C16H19N3O2. The molecule has 5 heteroatoms. The van der Waals surface area contributed by atoms with Gasteiger partial charge in [-0.3, -0.25) is 4.79 Å². The third-order valence-corrected chi connectivity index (χ3v) is 2.97. The van der Waals surface area contributed by atoms with Crippen LogP contribution < -0.4 is 21.1 Å². The molecule has 0 heterocycles. The number of ether oxygens (including phenoxy) is 1. The highest BCUT2D eigenvalue weighted by Gasteiger charge is 2.11. The van der Waals surface area contributed by atoms with Crippen molar-refractivity contribution in [2.45, 2.75) is 6.92 Å². The van der Waals surface area contributed by atoms with Crippen LogP contribution in [0.5, 0.6) is 5.75 Å². The minimum absolute atomic E-state index is 0.136. The fourth-order valence-electron chi connectivity index (χ4n) is 1.98. The summed E-state index contributed by atoms with van der Waals surface area (Å²) in [7, 11) is 1.61. The van der Waals surface area contributed by atoms with Gasteiger partial charge >= 0.3 is 0 Å². The van der Waals surface area contributed by atoms with E-state index in [-0.39, 0.29) is 5.91 Å². The summed E-state index contributed by atoms with van der Waals surface area (Å²) in [5, 5.41) is 5.99. The molecule has 1 amide bonds. The number of rotatable bonds is 5. The lowest BCUT2D eigenvalue weighted by Crippen LogP contribution is -2.23. The van der Waals surface area contributed by atoms with Crippen LogP contribution in [0.25, 0.3) is 0 Å². The molecule has 0 saturated heterocycles. The summed E-state index contributed by atoms with van der Waals surface area (Å²) < 4.78 is 5.19. The number of methoxy groups -OCH3 is 1. The molecule has 0 unspecified atom stereocenters. The van der Waals surface area contributed by atoms with Gasteiger partial charge in [0.1, 0.15) is 5.75 Å². The largest absolute Gasteiger partial charge is 0.497 e. The van der Waals surface area contributed by atoms with Gasteiger partial charge in [-0.2, -0.15) is 0 Å². The number of hydrogen-bond acceptors (Lipinski definition) is 4. The molecule has 0 radical (unpaired) electrons. The topological polar surface area (TPSA) is 76.4 Å². The Balaban J connectivity index is 2.33. The first kappa shape index (κ1) is 14.7. The van der Waals surface area contributed by atoms with E-state index in [1.807, 2.05) is 31.2 Å². The second-order valence-corrected chi connectivity index (χ2v) is 4.52. The Morgan fingerprint density at radius 1 is 1.24 bits per heavy atom. The van der Waals surface area contributed by atoms with Gasteiger partial charge in [-0.25, -0.2) is 0 Å². The van der Waals surface area contributed by atoms with Gasteiger partial charge in [0.2, 0.25) is 0 Å². The molecule has 21 heavy (non-hydrogen) atoms. The Morgan fingerprint density at radius 3 is 2.76 bits per heavy atom. The molecule has 0 bridgehead atoms. The molecule has 0 aliphatic rings. The number of amides is 1. The van der Waals surface area contributed by atoms with Crippen molar-refractivity contribution < 1.29 is 9.53 Å². The molecule has 0 aliphatic heterocycles. The van der Waals surface area contributed by atoms with Crippen molar-refractivity contribution in [3.63, 3.8) is 0 Å². The number of carbonyl (C=O) groups is 1. The Kier molecular flexibility index (Phi) is 4.66. The minimum Gasteiger partial charge on any atom is -0.497 e. The second-order valence-electron chi connectivity index (χ2n) is 4.52. The Hall–Kier alpha value is -2.69. The molecule has 0 atom stereocenters. The standard InChI is InChI=1S/C16H19N3O2/c1-3-18-16(20)14-8-7-11(17)9-15(14)19-12-5-4-6-13(10-12)21-2/h4-10,19H,3,17H2,1-2H3,(H,18,20). The molecule has 0 spiro atoms. The maximum absolute atomic E-state index is 12.1. The van der Waals surface area contributed by atoms with Crippen LogP contribution in [0.4, 0.5) is 17.1 Å². The highest BCUT2D eigenvalue weighted by Crippen LogP contribution is 2.25. The van der Waals surface area contributed by atoms with Crippen molar-refractivity contribution in [3.05, 3.63) is 48.0 Å². The predicted octanol–water partition coefficient (Wildman–Crippen LogP) is 2.77. The van der Waals surface area contributed by atoms with Crippen molar-refractivity contribution in [2.75, 3.05) is 24.7 Å². The van der Waals surface area contributed by atoms with Crippen LogP contribution in [0.2, 0.25) is 0 Å². The lowest BCUT2D eigenvalue weighted by molar-refractivity contribution is 0.0956. The third-order valence-electron chi connectivity index (χ3n) is 2.97. The van der Waals surface area contributed by atoms with E-state index in [0.717, 1.165) is 11.4 Å². The molecule has 5 nitrogen and oxygen atoms in total. The number of nitrogens with one attached hydrogen (secondary N) is 2. The van der Waals surface area contributed by atoms with Crippen molar-refractivity contribution in [1.82, 2.24) is 5.32 Å². The average Bonchev–Trinajstić information content (AvgIpc) is 2.48. The van der Waals surface area contributed by atoms with Gasteiger partial charge in [0.15, 0.2) is 0 Å². The normalized spacial score (nSPS) is 10.0. The van der Waals surface area contributed by atoms with Crippen LogP contribution in [0.15, 0.2) is 42.5 Å². The van der Waals surface area contributed by atoms with E-state index < -0.39 is 0 Å². The molecule has 0 fully saturated rings. The van der Waals surface area contributed by atoms with Gasteiger partial charge in [-0.1, -0.05) is 6.07 Å². The predicted molar refractivity (Wildman–Crippen MR) is 85.1 cm³/mol. The van der Waals surface area contributed by atoms with Crippen LogP contribution in [0, 0.1) is 0 Å². The van der Waals surface area contributed by atoms with Gasteiger partial charge in [0, 0.05) is 24.0 Å². The summed E-state index contributed by atoms with van der Waals surface area (Å²) in [6, 6.07) is 12.6. The van der Waals surface area contributed by atoms with Gasteiger partial charge in [0.25, 0.3) is 5.91 Å². The molecule has 4 N–H and O–H groups in total. The van der Waals surface area contributed by atoms with E-state index >= 15 is 0 Å². The first-order valence-corrected chi connectivity index (χ1v) is 6.73. The molecule has 0 saturated carbocycles. The monoisotopic (exact) mass is 285 g/mol. The van der Waals surface area contributed by atoms with E-state index in [0.29, 0.717) is 23.5 Å². The minimum atomic E-state index is -0.136. The number of carbonyl (C=O) groups excluding carboxylic acids is 1. The number of benzene rings is 2. The van der Waals surface area contributed by atoms with Crippen LogP contribution in [0.1, 0.15) is 17.3 Å². The Labute approximate surface area is 124 Å². The van der Waals surface area contributed by atoms with Crippen molar-refractivity contribution >= 4 is 23.0 Å². The smallest absolute Gasteiger partial charge is 0.253 e. The summed E-state index contributed by atoms with van der Waals surface area (Å²) >= 11 is 0. The van der Waals surface area contributed by atoms with E-state index in [4.69, 9.17) is 10.5 Å². The summed E-state index contributed by atoms with van der Waals surface area (Å²) in [6.45, 7) is 2.45. The lowest BCUT2D eigenvalue weighted by Gasteiger charge is -2.13. The lowest BCUT2D eigenvalue weighted by atomic mass is 10.1. The van der Waals surface area contributed by atoms with Crippen LogP contribution in [-0.2, 0) is 0 Å². The zero-order valence-corrected chi connectivity index (χ0v) is 12.1. The Bertz CT molecular complexity index is 641. The SMILES string of the molecule is CCNC(=O)c1ccc(N)cc1Nc1cccc(OC)c1. The first-order chi connectivity index (χ1) is 10.1. The van der Waals surface area contributed by atoms with E-state index in [2.05, 4.69) is 10.6 Å². The van der Waals surface area contributed by atoms with E-state index in [9.17, 15) is 4.79 Å². The van der Waals surface area contributed by atoms with Gasteiger partial charge in [0.05, 0.1) is 18.4 Å². The number of nitrogen functional groups attached to an aromatic ring is 1. The van der Waals surface area contributed by atoms with Gasteiger partial charge in [-0.05, 0) is 37.3 Å². The quantitative estimate of drug-likeness (QED) is 0.738.